The van der Waals surface area contributed by atoms with Gasteiger partial charge in [0.05, 0.1) is 12.2 Å². The Bertz CT molecular complexity index is 589. The summed E-state index contributed by atoms with van der Waals surface area (Å²) >= 11 is 0. The molecule has 1 rings (SSSR count). The second-order valence-electron chi connectivity index (χ2n) is 6.55. The number of ether oxygens (including phenoxy) is 1. The molecule has 1 amide bonds. The smallest absolute Gasteiger partial charge is 0.408 e. The summed E-state index contributed by atoms with van der Waals surface area (Å²) in [5.74, 6) is 0. The number of rotatable bonds is 7. The Morgan fingerprint density at radius 3 is 2.46 bits per heavy atom. The van der Waals surface area contributed by atoms with Crippen LogP contribution in [-0.4, -0.2) is 33.7 Å². The molecule has 1 aromatic carbocycles. The van der Waals surface area contributed by atoms with E-state index < -0.39 is 19.3 Å². The van der Waals surface area contributed by atoms with E-state index in [1.165, 1.54) is 6.08 Å². The Morgan fingerprint density at radius 1 is 1.29 bits per heavy atom. The Labute approximate surface area is 143 Å². The zero-order chi connectivity index (χ0) is 18.2. The lowest BCUT2D eigenvalue weighted by Gasteiger charge is -2.22. The molecule has 0 spiro atoms. The standard InChI is InChI=1S/C17H26NO5P/c1-17(2,3)23-16(19)18-15(10-7-13-24(20,21)22)12-11-14-8-5-4-6-9-14/h4-10,15H,11-13H2,1-3H3,(H,18,19)(H2,20,21,22)/b10-7+/t15-/m1/s1. The molecule has 0 aromatic heterocycles. The van der Waals surface area contributed by atoms with Crippen molar-refractivity contribution in [3.63, 3.8) is 0 Å². The van der Waals surface area contributed by atoms with Crippen LogP contribution in [0.4, 0.5) is 4.79 Å². The number of hydrogen-bond acceptors (Lipinski definition) is 3. The Hall–Kier alpha value is -1.62. The number of benzene rings is 1. The second kappa shape index (κ2) is 9.02. The lowest BCUT2D eigenvalue weighted by Crippen LogP contribution is -2.38. The third-order valence-corrected chi connectivity index (χ3v) is 3.69. The fourth-order valence-corrected chi connectivity index (χ4v) is 2.40. The van der Waals surface area contributed by atoms with Gasteiger partial charge in [-0.1, -0.05) is 42.5 Å². The Morgan fingerprint density at radius 2 is 1.92 bits per heavy atom. The molecule has 0 bridgehead atoms. The summed E-state index contributed by atoms with van der Waals surface area (Å²) in [5, 5.41) is 2.73. The van der Waals surface area contributed by atoms with E-state index >= 15 is 0 Å². The van der Waals surface area contributed by atoms with Crippen molar-refractivity contribution in [2.75, 3.05) is 6.16 Å². The van der Waals surface area contributed by atoms with Gasteiger partial charge < -0.3 is 19.8 Å². The van der Waals surface area contributed by atoms with Gasteiger partial charge in [0.2, 0.25) is 0 Å². The highest BCUT2D eigenvalue weighted by atomic mass is 31.2. The first-order valence-electron chi connectivity index (χ1n) is 7.80. The number of nitrogens with one attached hydrogen (secondary N) is 1. The molecule has 6 nitrogen and oxygen atoms in total. The van der Waals surface area contributed by atoms with Crippen LogP contribution in [0.5, 0.6) is 0 Å². The molecule has 7 heteroatoms. The highest BCUT2D eigenvalue weighted by molar-refractivity contribution is 7.51. The van der Waals surface area contributed by atoms with Crippen molar-refractivity contribution >= 4 is 13.7 Å². The molecular weight excluding hydrogens is 329 g/mol. The highest BCUT2D eigenvalue weighted by Crippen LogP contribution is 2.33. The minimum atomic E-state index is -4.10. The normalized spacial score (nSPS) is 13.7. The third kappa shape index (κ3) is 10.2. The molecule has 0 aliphatic heterocycles. The van der Waals surface area contributed by atoms with Crippen LogP contribution in [0.2, 0.25) is 0 Å². The predicted octanol–water partition coefficient (Wildman–Crippen LogP) is 3.25. The van der Waals surface area contributed by atoms with E-state index in [0.717, 1.165) is 12.0 Å². The zero-order valence-corrected chi connectivity index (χ0v) is 15.2. The van der Waals surface area contributed by atoms with Crippen LogP contribution in [0, 0.1) is 0 Å². The lowest BCUT2D eigenvalue weighted by molar-refractivity contribution is 0.0512. The largest absolute Gasteiger partial charge is 0.444 e. The molecule has 0 radical (unpaired) electrons. The minimum absolute atomic E-state index is 0.356. The molecule has 0 saturated carbocycles. The van der Waals surface area contributed by atoms with Gasteiger partial charge in [0, 0.05) is 0 Å². The number of carbonyl (C=O) groups is 1. The van der Waals surface area contributed by atoms with E-state index in [4.69, 9.17) is 14.5 Å². The molecule has 0 unspecified atom stereocenters. The number of hydrogen-bond donors (Lipinski definition) is 3. The quantitative estimate of drug-likeness (QED) is 0.515. The van der Waals surface area contributed by atoms with Crippen molar-refractivity contribution in [3.8, 4) is 0 Å². The van der Waals surface area contributed by atoms with Crippen molar-refractivity contribution in [2.24, 2.45) is 0 Å². The number of aryl methyl sites for hydroxylation is 1. The van der Waals surface area contributed by atoms with Crippen LogP contribution in [-0.2, 0) is 15.7 Å². The van der Waals surface area contributed by atoms with Crippen molar-refractivity contribution in [1.29, 1.82) is 0 Å². The van der Waals surface area contributed by atoms with E-state index in [9.17, 15) is 9.36 Å². The summed E-state index contributed by atoms with van der Waals surface area (Å²) in [6.07, 6.45) is 3.41. The second-order valence-corrected chi connectivity index (χ2v) is 8.25. The third-order valence-electron chi connectivity index (χ3n) is 3.00. The SMILES string of the molecule is CC(C)(C)OC(=O)N[C@H](/C=C/CP(=O)(O)O)CCc1ccccc1. The van der Waals surface area contributed by atoms with Crippen molar-refractivity contribution in [3.05, 3.63) is 48.0 Å². The van der Waals surface area contributed by atoms with Gasteiger partial charge in [0.25, 0.3) is 0 Å². The number of carbonyl (C=O) groups excluding carboxylic acids is 1. The maximum atomic E-state index is 11.9. The maximum Gasteiger partial charge on any atom is 0.408 e. The van der Waals surface area contributed by atoms with Gasteiger partial charge in [-0.25, -0.2) is 4.79 Å². The van der Waals surface area contributed by atoms with E-state index in [0.29, 0.717) is 6.42 Å². The lowest BCUT2D eigenvalue weighted by atomic mass is 10.1. The topological polar surface area (TPSA) is 95.9 Å². The number of allylic oxidation sites excluding steroid dienone is 1. The average molecular weight is 355 g/mol. The van der Waals surface area contributed by atoms with E-state index in [1.54, 1.807) is 26.8 Å². The van der Waals surface area contributed by atoms with E-state index in [2.05, 4.69) is 5.32 Å². The van der Waals surface area contributed by atoms with E-state index in [1.807, 2.05) is 30.3 Å². The van der Waals surface area contributed by atoms with Gasteiger partial charge in [0.15, 0.2) is 0 Å². The molecule has 3 N–H and O–H groups in total. The van der Waals surface area contributed by atoms with Gasteiger partial charge in [-0.3, -0.25) is 4.57 Å². The first-order chi connectivity index (χ1) is 11.1. The van der Waals surface area contributed by atoms with Crippen LogP contribution in [0.1, 0.15) is 32.8 Å². The summed E-state index contributed by atoms with van der Waals surface area (Å²) in [6.45, 7) is 5.32. The minimum Gasteiger partial charge on any atom is -0.444 e. The molecule has 0 aliphatic rings. The molecule has 134 valence electrons. The van der Waals surface area contributed by atoms with Crippen LogP contribution in [0.25, 0.3) is 0 Å². The van der Waals surface area contributed by atoms with Gasteiger partial charge in [-0.05, 0) is 39.2 Å². The molecule has 24 heavy (non-hydrogen) atoms. The molecule has 0 fully saturated rings. The van der Waals surface area contributed by atoms with Crippen LogP contribution < -0.4 is 5.32 Å². The molecule has 0 aliphatic carbocycles. The average Bonchev–Trinajstić information content (AvgIpc) is 2.42. The molecule has 0 saturated heterocycles. The Balaban J connectivity index is 2.67. The maximum absolute atomic E-state index is 11.9. The fourth-order valence-electron chi connectivity index (χ4n) is 2.00. The van der Waals surface area contributed by atoms with Crippen molar-refractivity contribution in [1.82, 2.24) is 5.32 Å². The highest BCUT2D eigenvalue weighted by Gasteiger charge is 2.18. The first-order valence-corrected chi connectivity index (χ1v) is 9.59. The fraction of sp³-hybridized carbons (Fsp3) is 0.471. The first kappa shape index (κ1) is 20.4. The number of alkyl carbamates (subject to hydrolysis) is 1. The zero-order valence-electron chi connectivity index (χ0n) is 14.3. The van der Waals surface area contributed by atoms with E-state index in [-0.39, 0.29) is 12.2 Å². The summed E-state index contributed by atoms with van der Waals surface area (Å²) in [4.78, 5) is 29.8. The van der Waals surface area contributed by atoms with Crippen molar-refractivity contribution < 1.29 is 23.9 Å². The predicted molar refractivity (Wildman–Crippen MR) is 94.0 cm³/mol. The van der Waals surface area contributed by atoms with Gasteiger partial charge >= 0.3 is 13.7 Å². The number of amides is 1. The van der Waals surface area contributed by atoms with Gasteiger partial charge in [-0.15, -0.1) is 0 Å². The molecular formula is C17H26NO5P. The van der Waals surface area contributed by atoms with Crippen LogP contribution in [0.3, 0.4) is 0 Å². The van der Waals surface area contributed by atoms with Gasteiger partial charge in [-0.2, -0.15) is 0 Å². The van der Waals surface area contributed by atoms with Gasteiger partial charge in [0.1, 0.15) is 5.60 Å². The monoisotopic (exact) mass is 355 g/mol. The summed E-state index contributed by atoms with van der Waals surface area (Å²) in [5.41, 5.74) is 0.515. The summed E-state index contributed by atoms with van der Waals surface area (Å²) < 4.78 is 16.2. The van der Waals surface area contributed by atoms with Crippen molar-refractivity contribution in [2.45, 2.75) is 45.3 Å². The molecule has 0 heterocycles. The Kier molecular flexibility index (Phi) is 7.67. The summed E-state index contributed by atoms with van der Waals surface area (Å²) in [7, 11) is -4.10. The van der Waals surface area contributed by atoms with Crippen LogP contribution in [0.15, 0.2) is 42.5 Å². The summed E-state index contributed by atoms with van der Waals surface area (Å²) in [6, 6.07) is 9.42. The molecule has 1 atom stereocenters. The van der Waals surface area contributed by atoms with Crippen LogP contribution >= 0.6 is 7.60 Å². The molecule has 1 aromatic rings.